The van der Waals surface area contributed by atoms with Gasteiger partial charge in [0.1, 0.15) is 5.75 Å². The van der Waals surface area contributed by atoms with E-state index in [1.807, 2.05) is 38.1 Å². The number of alkyl halides is 3. The molecule has 1 fully saturated rings. The van der Waals surface area contributed by atoms with Crippen molar-refractivity contribution < 1.29 is 27.5 Å². The Labute approximate surface area is 228 Å². The van der Waals surface area contributed by atoms with Crippen LogP contribution in [0.4, 0.5) is 24.7 Å². The van der Waals surface area contributed by atoms with E-state index in [4.69, 9.17) is 9.57 Å². The van der Waals surface area contributed by atoms with E-state index in [0.29, 0.717) is 38.3 Å². The number of rotatable bonds is 9. The summed E-state index contributed by atoms with van der Waals surface area (Å²) < 4.78 is 47.7. The molecule has 0 amide bonds. The molecular weight excluding hydrogens is 533 g/mol. The third-order valence-electron chi connectivity index (χ3n) is 6.60. The number of fused-ring (bicyclic) bond motifs is 1. The number of allylic oxidation sites excluding steroid dienone is 1. The maximum absolute atomic E-state index is 13.8. The normalized spacial score (nSPS) is 17.5. The van der Waals surface area contributed by atoms with Crippen molar-refractivity contribution in [2.75, 3.05) is 49.3 Å². The fourth-order valence-electron chi connectivity index (χ4n) is 4.68. The molecule has 218 valence electrons. The van der Waals surface area contributed by atoms with Gasteiger partial charge in [0.15, 0.2) is 17.8 Å². The Morgan fingerprint density at radius 1 is 1.12 bits per heavy atom. The second-order valence-electron chi connectivity index (χ2n) is 9.75. The van der Waals surface area contributed by atoms with Gasteiger partial charge >= 0.3 is 17.8 Å². The van der Waals surface area contributed by atoms with Crippen molar-refractivity contribution in [1.29, 1.82) is 0 Å². The molecule has 0 radical (unpaired) electrons. The fourth-order valence-corrected chi connectivity index (χ4v) is 4.68. The zero-order chi connectivity index (χ0) is 29.0. The number of hydrogen-bond donors (Lipinski definition) is 1. The number of hydrogen-bond acceptors (Lipinski definition) is 9. The minimum atomic E-state index is -5.28. The summed E-state index contributed by atoms with van der Waals surface area (Å²) in [6.45, 7) is 5.97. The Morgan fingerprint density at radius 3 is 2.42 bits per heavy atom. The zero-order valence-electron chi connectivity index (χ0n) is 22.6. The summed E-state index contributed by atoms with van der Waals surface area (Å²) in [6, 6.07) is 9.07. The summed E-state index contributed by atoms with van der Waals surface area (Å²) in [5.41, 5.74) is -0.554. The minimum Gasteiger partial charge on any atom is -0.494 e. The van der Waals surface area contributed by atoms with Gasteiger partial charge in [0.05, 0.1) is 6.61 Å². The second-order valence-corrected chi connectivity index (χ2v) is 9.75. The highest BCUT2D eigenvalue weighted by Gasteiger charge is 2.50. The molecule has 2 aliphatic heterocycles. The van der Waals surface area contributed by atoms with Crippen molar-refractivity contribution >= 4 is 17.5 Å². The van der Waals surface area contributed by atoms with Crippen LogP contribution in [0.3, 0.4) is 0 Å². The Kier molecular flexibility index (Phi) is 8.88. The first-order valence-corrected chi connectivity index (χ1v) is 13.0. The monoisotopic (exact) mass is 566 g/mol. The van der Waals surface area contributed by atoms with Gasteiger partial charge in [-0.25, -0.2) is 9.59 Å². The van der Waals surface area contributed by atoms with Crippen LogP contribution in [0.1, 0.15) is 20.3 Å². The van der Waals surface area contributed by atoms with Crippen LogP contribution >= 0.6 is 0 Å². The van der Waals surface area contributed by atoms with E-state index in [9.17, 15) is 27.6 Å². The zero-order valence-corrected chi connectivity index (χ0v) is 22.6. The highest BCUT2D eigenvalue weighted by Crippen LogP contribution is 2.38. The number of piperazine rings is 1. The number of nitrogens with one attached hydrogen (secondary N) is 1. The number of benzene rings is 1. The highest BCUT2D eigenvalue weighted by atomic mass is 19.4. The van der Waals surface area contributed by atoms with Crippen molar-refractivity contribution in [1.82, 2.24) is 19.4 Å². The maximum atomic E-state index is 13.8. The van der Waals surface area contributed by atoms with Crippen molar-refractivity contribution in [2.45, 2.75) is 39.3 Å². The molecule has 0 saturated carbocycles. The first-order valence-electron chi connectivity index (χ1n) is 13.0. The predicted octanol–water partition coefficient (Wildman–Crippen LogP) is 1.82. The lowest BCUT2D eigenvalue weighted by atomic mass is 10.3. The Balaban J connectivity index is 1.76. The van der Waals surface area contributed by atoms with Gasteiger partial charge in [-0.3, -0.25) is 18.8 Å². The number of halogens is 3. The summed E-state index contributed by atoms with van der Waals surface area (Å²) in [5, 5.41) is 3.93. The average molecular weight is 567 g/mol. The molecule has 3 heterocycles. The first-order chi connectivity index (χ1) is 19.0. The number of carbonyl (C=O) groups is 1. The van der Waals surface area contributed by atoms with Crippen LogP contribution in [0.5, 0.6) is 5.75 Å². The minimum absolute atomic E-state index is 0.0166. The molecule has 1 saturated heterocycles. The third kappa shape index (κ3) is 6.17. The van der Waals surface area contributed by atoms with Gasteiger partial charge < -0.3 is 19.8 Å². The molecule has 2 aliphatic rings. The molecular formula is C26H33F3N6O5. The van der Waals surface area contributed by atoms with Crippen LogP contribution < -0.4 is 31.3 Å². The lowest BCUT2D eigenvalue weighted by molar-refractivity contribution is -0.203. The van der Waals surface area contributed by atoms with Crippen LogP contribution in [-0.4, -0.2) is 71.8 Å². The van der Waals surface area contributed by atoms with E-state index < -0.39 is 29.7 Å². The van der Waals surface area contributed by atoms with E-state index in [0.717, 1.165) is 19.8 Å². The van der Waals surface area contributed by atoms with Crippen molar-refractivity contribution in [3.8, 4) is 5.75 Å². The number of hydroxylamine groups is 1. The molecule has 0 bridgehead atoms. The van der Waals surface area contributed by atoms with Crippen LogP contribution in [0.25, 0.3) is 0 Å². The maximum Gasteiger partial charge on any atom is 0.493 e. The van der Waals surface area contributed by atoms with Crippen molar-refractivity contribution in [2.24, 2.45) is 7.05 Å². The molecule has 0 spiro atoms. The quantitative estimate of drug-likeness (QED) is 0.360. The molecule has 11 nitrogen and oxygen atoms in total. The van der Waals surface area contributed by atoms with Gasteiger partial charge in [-0.15, -0.1) is 5.06 Å². The summed E-state index contributed by atoms with van der Waals surface area (Å²) in [4.78, 5) is 47.5. The average Bonchev–Trinajstić information content (AvgIpc) is 3.24. The van der Waals surface area contributed by atoms with Crippen molar-refractivity contribution in [3.05, 3.63) is 62.8 Å². The Hall–Kier alpha value is -3.78. The van der Waals surface area contributed by atoms with E-state index >= 15 is 0 Å². The molecule has 2 aromatic rings. The largest absolute Gasteiger partial charge is 0.494 e. The van der Waals surface area contributed by atoms with Gasteiger partial charge in [0.25, 0.3) is 5.56 Å². The van der Waals surface area contributed by atoms with Gasteiger partial charge in [0.2, 0.25) is 0 Å². The van der Waals surface area contributed by atoms with E-state index in [2.05, 4.69) is 5.32 Å². The molecule has 1 aromatic heterocycles. The van der Waals surface area contributed by atoms with E-state index in [1.54, 1.807) is 21.9 Å². The molecule has 0 aliphatic carbocycles. The molecule has 14 heteroatoms. The number of anilines is 2. The summed E-state index contributed by atoms with van der Waals surface area (Å²) in [6.07, 6.45) is -4.22. The summed E-state index contributed by atoms with van der Waals surface area (Å²) in [7, 11) is 1.34. The highest BCUT2D eigenvalue weighted by molar-refractivity contribution is 5.80. The van der Waals surface area contributed by atoms with Gasteiger partial charge in [-0.1, -0.05) is 29.8 Å². The smallest absolute Gasteiger partial charge is 0.493 e. The number of para-hydroxylation sites is 1. The summed E-state index contributed by atoms with van der Waals surface area (Å²) >= 11 is 0. The summed E-state index contributed by atoms with van der Waals surface area (Å²) in [5.74, 6) is -2.02. The molecule has 1 atom stereocenters. The topological polar surface area (TPSA) is 101 Å². The number of carbonyl (C=O) groups excluding carboxylic acids is 1. The Morgan fingerprint density at radius 2 is 1.80 bits per heavy atom. The van der Waals surface area contributed by atoms with Crippen LogP contribution in [0.15, 0.2) is 51.6 Å². The molecule has 1 N–H and O–H groups in total. The second kappa shape index (κ2) is 12.2. The van der Waals surface area contributed by atoms with Crippen LogP contribution in [-0.2, 0) is 23.2 Å². The lowest BCUT2D eigenvalue weighted by Crippen LogP contribution is -2.61. The molecule has 1 unspecified atom stereocenters. The van der Waals surface area contributed by atoms with Crippen molar-refractivity contribution in [3.63, 3.8) is 0 Å². The van der Waals surface area contributed by atoms with Crippen LogP contribution in [0.2, 0.25) is 0 Å². The van der Waals surface area contributed by atoms with Gasteiger partial charge in [-0.2, -0.15) is 13.2 Å². The van der Waals surface area contributed by atoms with Gasteiger partial charge in [0, 0.05) is 46.3 Å². The molecule has 1 aromatic carbocycles. The SMILES string of the molecule is CC(C)=CCN1c2c(n(C)c(=O)n(CCCOc3ccccc3)c2=O)N(OC(=O)C(F)(F)F)C1N1CCNCC1. The van der Waals surface area contributed by atoms with Gasteiger partial charge in [-0.05, 0) is 32.4 Å². The van der Waals surface area contributed by atoms with E-state index in [1.165, 1.54) is 7.05 Å². The molecule has 40 heavy (non-hydrogen) atoms. The Bertz CT molecular complexity index is 1350. The standard InChI is InChI=1S/C26H33F3N6O5/c1-18(2)10-14-33-20-21(35(40-23(37)26(27,28)29)24(33)32-15-11-30-12-16-32)31(3)25(38)34(22(20)36)13-7-17-39-19-8-5-4-6-9-19/h4-6,8-10,24,30H,7,11-17H2,1-3H3. The van der Waals surface area contributed by atoms with E-state index in [-0.39, 0.29) is 31.2 Å². The predicted molar refractivity (Wildman–Crippen MR) is 142 cm³/mol. The third-order valence-corrected chi connectivity index (χ3v) is 6.60. The first kappa shape index (κ1) is 29.2. The molecule has 4 rings (SSSR count). The number of ether oxygens (including phenoxy) is 1. The fraction of sp³-hybridized carbons (Fsp3) is 0.500. The van der Waals surface area contributed by atoms with Crippen LogP contribution in [0, 0.1) is 0 Å². The number of aromatic nitrogens is 2. The lowest BCUT2D eigenvalue weighted by Gasteiger charge is -2.40. The number of nitrogens with zero attached hydrogens (tertiary/aromatic N) is 5.